The van der Waals surface area contributed by atoms with E-state index in [-0.39, 0.29) is 17.7 Å². The van der Waals surface area contributed by atoms with Gasteiger partial charge in [-0.3, -0.25) is 14.5 Å². The molecule has 1 atom stereocenters. The van der Waals surface area contributed by atoms with Crippen LogP contribution in [0.25, 0.3) is 0 Å². The number of morpholine rings is 1. The number of likely N-dealkylation sites (tertiary alicyclic amines) is 1. The maximum absolute atomic E-state index is 12.9. The highest BCUT2D eigenvalue weighted by Crippen LogP contribution is 2.28. The van der Waals surface area contributed by atoms with Crippen LogP contribution in [0.1, 0.15) is 19.3 Å². The summed E-state index contributed by atoms with van der Waals surface area (Å²) in [6.45, 7) is 7.01. The molecule has 3 saturated heterocycles. The Morgan fingerprint density at radius 1 is 1.04 bits per heavy atom. The zero-order valence-corrected chi connectivity index (χ0v) is 15.9. The summed E-state index contributed by atoms with van der Waals surface area (Å²) < 4.78 is 5.42. The molecular formula is C21H29N3O3. The van der Waals surface area contributed by atoms with Gasteiger partial charge in [-0.2, -0.15) is 0 Å². The normalized spacial score (nSPS) is 25.2. The number of carbonyl (C=O) groups excluding carboxylic acids is 2. The van der Waals surface area contributed by atoms with Crippen molar-refractivity contribution in [3.8, 4) is 0 Å². The Bertz CT molecular complexity index is 652. The van der Waals surface area contributed by atoms with Crippen molar-refractivity contribution in [2.75, 3.05) is 57.4 Å². The number of hydrogen-bond donors (Lipinski definition) is 0. The fourth-order valence-electron chi connectivity index (χ4n) is 4.47. The number of anilines is 1. The largest absolute Gasteiger partial charge is 0.379 e. The van der Waals surface area contributed by atoms with Crippen molar-refractivity contribution >= 4 is 17.5 Å². The minimum Gasteiger partial charge on any atom is -0.379 e. The molecular weight excluding hydrogens is 342 g/mol. The van der Waals surface area contributed by atoms with Gasteiger partial charge in [0.1, 0.15) is 0 Å². The summed E-state index contributed by atoms with van der Waals surface area (Å²) in [5.41, 5.74) is 0.891. The lowest BCUT2D eigenvalue weighted by atomic mass is 9.94. The van der Waals surface area contributed by atoms with E-state index in [1.807, 2.05) is 35.2 Å². The summed E-state index contributed by atoms with van der Waals surface area (Å²) in [5, 5.41) is 0. The molecule has 6 heteroatoms. The van der Waals surface area contributed by atoms with E-state index in [0.717, 1.165) is 64.5 Å². The van der Waals surface area contributed by atoms with Gasteiger partial charge in [0, 0.05) is 51.4 Å². The monoisotopic (exact) mass is 371 g/mol. The number of ether oxygens (including phenoxy) is 1. The third-order valence-corrected chi connectivity index (χ3v) is 6.09. The summed E-state index contributed by atoms with van der Waals surface area (Å²) in [5.74, 6) is 0.681. The Balaban J connectivity index is 1.27. The number of rotatable bonds is 4. The van der Waals surface area contributed by atoms with Gasteiger partial charge in [-0.25, -0.2) is 0 Å². The quantitative estimate of drug-likeness (QED) is 0.807. The number of carbonyl (C=O) groups is 2. The molecule has 4 rings (SSSR count). The molecule has 3 heterocycles. The van der Waals surface area contributed by atoms with E-state index in [9.17, 15) is 9.59 Å². The molecule has 27 heavy (non-hydrogen) atoms. The van der Waals surface area contributed by atoms with Gasteiger partial charge in [0.05, 0.1) is 19.1 Å². The predicted molar refractivity (Wildman–Crippen MR) is 103 cm³/mol. The van der Waals surface area contributed by atoms with Gasteiger partial charge in [0.2, 0.25) is 11.8 Å². The van der Waals surface area contributed by atoms with Crippen LogP contribution in [0.5, 0.6) is 0 Å². The van der Waals surface area contributed by atoms with E-state index in [4.69, 9.17) is 4.74 Å². The Morgan fingerprint density at radius 3 is 2.44 bits per heavy atom. The first-order valence-corrected chi connectivity index (χ1v) is 10.1. The SMILES string of the molecule is O=C([C@H]1CC(=O)N(c2ccccc2)C1)N1CCC(CN2CCOCC2)CC1. The maximum Gasteiger partial charge on any atom is 0.228 e. The van der Waals surface area contributed by atoms with Crippen LogP contribution in [0.15, 0.2) is 30.3 Å². The molecule has 1 aromatic rings. The Morgan fingerprint density at radius 2 is 1.74 bits per heavy atom. The lowest BCUT2D eigenvalue weighted by Gasteiger charge is -2.36. The number of amides is 2. The highest BCUT2D eigenvalue weighted by atomic mass is 16.5. The highest BCUT2D eigenvalue weighted by Gasteiger charge is 2.38. The first kappa shape index (κ1) is 18.4. The summed E-state index contributed by atoms with van der Waals surface area (Å²) in [6, 6.07) is 9.66. The number of hydrogen-bond acceptors (Lipinski definition) is 4. The fourth-order valence-corrected chi connectivity index (χ4v) is 4.47. The molecule has 0 aromatic heterocycles. The standard InChI is InChI=1S/C21H29N3O3/c25-20-14-18(16-24(20)19-4-2-1-3-5-19)21(26)23-8-6-17(7-9-23)15-22-10-12-27-13-11-22/h1-5,17-18H,6-16H2/t18-/m0/s1. The molecule has 0 aliphatic carbocycles. The topological polar surface area (TPSA) is 53.1 Å². The number of benzene rings is 1. The molecule has 1 aromatic carbocycles. The second-order valence-corrected chi connectivity index (χ2v) is 7.92. The Kier molecular flexibility index (Phi) is 5.74. The van der Waals surface area contributed by atoms with Crippen molar-refractivity contribution in [1.82, 2.24) is 9.80 Å². The van der Waals surface area contributed by atoms with Crippen LogP contribution in [0.3, 0.4) is 0 Å². The molecule has 146 valence electrons. The molecule has 3 aliphatic heterocycles. The molecule has 2 amide bonds. The van der Waals surface area contributed by atoms with Crippen molar-refractivity contribution < 1.29 is 14.3 Å². The molecule has 0 saturated carbocycles. The summed E-state index contributed by atoms with van der Waals surface area (Å²) in [6.07, 6.45) is 2.46. The maximum atomic E-state index is 12.9. The minimum absolute atomic E-state index is 0.0572. The molecule has 6 nitrogen and oxygen atoms in total. The van der Waals surface area contributed by atoms with E-state index in [1.165, 1.54) is 0 Å². The molecule has 0 spiro atoms. The smallest absolute Gasteiger partial charge is 0.228 e. The van der Waals surface area contributed by atoms with Crippen LogP contribution in [-0.2, 0) is 14.3 Å². The van der Waals surface area contributed by atoms with E-state index in [1.54, 1.807) is 4.90 Å². The van der Waals surface area contributed by atoms with Gasteiger partial charge in [0.25, 0.3) is 0 Å². The van der Waals surface area contributed by atoms with Crippen molar-refractivity contribution in [2.45, 2.75) is 19.3 Å². The molecule has 0 radical (unpaired) electrons. The summed E-state index contributed by atoms with van der Waals surface area (Å²) in [7, 11) is 0. The molecule has 0 bridgehead atoms. The number of piperidine rings is 1. The van der Waals surface area contributed by atoms with Crippen molar-refractivity contribution in [2.24, 2.45) is 11.8 Å². The van der Waals surface area contributed by atoms with Crippen LogP contribution < -0.4 is 4.90 Å². The number of para-hydroxylation sites is 1. The third kappa shape index (κ3) is 4.33. The third-order valence-electron chi connectivity index (χ3n) is 6.09. The molecule has 3 fully saturated rings. The first-order chi connectivity index (χ1) is 13.2. The van der Waals surface area contributed by atoms with Crippen molar-refractivity contribution in [3.05, 3.63) is 30.3 Å². The Hall–Kier alpha value is -1.92. The minimum atomic E-state index is -0.200. The second-order valence-electron chi connectivity index (χ2n) is 7.92. The second kappa shape index (κ2) is 8.40. The van der Waals surface area contributed by atoms with E-state index < -0.39 is 0 Å². The lowest BCUT2D eigenvalue weighted by molar-refractivity contribution is -0.137. The zero-order valence-electron chi connectivity index (χ0n) is 15.9. The Labute approximate surface area is 161 Å². The zero-order chi connectivity index (χ0) is 18.6. The van der Waals surface area contributed by atoms with Gasteiger partial charge in [-0.15, -0.1) is 0 Å². The molecule has 0 N–H and O–H groups in total. The van der Waals surface area contributed by atoms with Gasteiger partial charge < -0.3 is 14.5 Å². The summed E-state index contributed by atoms with van der Waals surface area (Å²) >= 11 is 0. The van der Waals surface area contributed by atoms with Crippen molar-refractivity contribution in [3.63, 3.8) is 0 Å². The first-order valence-electron chi connectivity index (χ1n) is 10.1. The summed E-state index contributed by atoms with van der Waals surface area (Å²) in [4.78, 5) is 31.6. The van der Waals surface area contributed by atoms with Gasteiger partial charge in [-0.05, 0) is 30.9 Å². The average Bonchev–Trinajstić information content (AvgIpc) is 3.11. The van der Waals surface area contributed by atoms with Crippen LogP contribution >= 0.6 is 0 Å². The van der Waals surface area contributed by atoms with E-state index in [0.29, 0.717) is 18.9 Å². The van der Waals surface area contributed by atoms with Crippen LogP contribution in [-0.4, -0.2) is 74.1 Å². The number of nitrogens with zero attached hydrogens (tertiary/aromatic N) is 3. The molecule has 3 aliphatic rings. The van der Waals surface area contributed by atoms with Gasteiger partial charge in [-0.1, -0.05) is 18.2 Å². The average molecular weight is 371 g/mol. The van der Waals surface area contributed by atoms with Gasteiger partial charge >= 0.3 is 0 Å². The van der Waals surface area contributed by atoms with Crippen LogP contribution in [0.2, 0.25) is 0 Å². The van der Waals surface area contributed by atoms with E-state index >= 15 is 0 Å². The van der Waals surface area contributed by atoms with Crippen LogP contribution in [0.4, 0.5) is 5.69 Å². The predicted octanol–water partition coefficient (Wildman–Crippen LogP) is 1.61. The van der Waals surface area contributed by atoms with Gasteiger partial charge in [0.15, 0.2) is 0 Å². The molecule has 0 unspecified atom stereocenters. The van der Waals surface area contributed by atoms with E-state index in [2.05, 4.69) is 4.90 Å². The highest BCUT2D eigenvalue weighted by molar-refractivity contribution is 6.00. The fraction of sp³-hybridized carbons (Fsp3) is 0.619. The van der Waals surface area contributed by atoms with Crippen molar-refractivity contribution in [1.29, 1.82) is 0 Å². The van der Waals surface area contributed by atoms with Crippen LogP contribution in [0, 0.1) is 11.8 Å². The lowest BCUT2D eigenvalue weighted by Crippen LogP contribution is -2.46.